The van der Waals surface area contributed by atoms with E-state index in [1.807, 2.05) is 0 Å². The molecule has 2 rings (SSSR count). The van der Waals surface area contributed by atoms with E-state index in [2.05, 4.69) is 0 Å². The predicted octanol–water partition coefficient (Wildman–Crippen LogP) is 2.99. The second-order valence-electron chi connectivity index (χ2n) is 5.32. The SMILES string of the molecule is CC(C)(O)CC1=Cc2c(C(F)(F)F)cccc2S1(=O)=O. The first kappa shape index (κ1) is 15.1. The van der Waals surface area contributed by atoms with Gasteiger partial charge >= 0.3 is 6.18 Å². The molecule has 1 N–H and O–H groups in total. The van der Waals surface area contributed by atoms with Crippen LogP contribution in [0, 0.1) is 0 Å². The molecule has 1 aromatic carbocycles. The topological polar surface area (TPSA) is 54.4 Å². The highest BCUT2D eigenvalue weighted by Crippen LogP contribution is 2.43. The first-order valence-corrected chi connectivity index (χ1v) is 7.29. The Bertz CT molecular complexity index is 680. The largest absolute Gasteiger partial charge is 0.417 e. The molecule has 0 atom stereocenters. The van der Waals surface area contributed by atoms with E-state index in [9.17, 15) is 26.7 Å². The minimum Gasteiger partial charge on any atom is -0.390 e. The van der Waals surface area contributed by atoms with E-state index in [1.54, 1.807) is 0 Å². The maximum Gasteiger partial charge on any atom is 0.417 e. The summed E-state index contributed by atoms with van der Waals surface area (Å²) in [7, 11) is -3.96. The van der Waals surface area contributed by atoms with Gasteiger partial charge in [0.05, 0.1) is 21.0 Å². The lowest BCUT2D eigenvalue weighted by Crippen LogP contribution is -2.21. The summed E-state index contributed by atoms with van der Waals surface area (Å²) >= 11 is 0. The second kappa shape index (κ2) is 4.33. The van der Waals surface area contributed by atoms with Crippen LogP contribution in [-0.2, 0) is 16.0 Å². The van der Waals surface area contributed by atoms with Crippen LogP contribution in [0.15, 0.2) is 28.0 Å². The predicted molar refractivity (Wildman–Crippen MR) is 67.5 cm³/mol. The number of hydrogen-bond acceptors (Lipinski definition) is 3. The Hall–Kier alpha value is -1.34. The van der Waals surface area contributed by atoms with E-state index in [-0.39, 0.29) is 21.8 Å². The van der Waals surface area contributed by atoms with Crippen molar-refractivity contribution in [1.82, 2.24) is 0 Å². The lowest BCUT2D eigenvalue weighted by atomic mass is 10.0. The van der Waals surface area contributed by atoms with Crippen LogP contribution in [0.1, 0.15) is 31.4 Å². The van der Waals surface area contributed by atoms with Crippen LogP contribution in [0.4, 0.5) is 13.2 Å². The fourth-order valence-electron chi connectivity index (χ4n) is 2.13. The summed E-state index contributed by atoms with van der Waals surface area (Å²) in [6.45, 7) is 2.80. The van der Waals surface area contributed by atoms with Crippen LogP contribution < -0.4 is 0 Å². The second-order valence-corrected chi connectivity index (χ2v) is 7.29. The molecule has 0 bridgehead atoms. The van der Waals surface area contributed by atoms with Gasteiger partial charge in [-0.1, -0.05) is 6.07 Å². The fraction of sp³-hybridized carbons (Fsp3) is 0.385. The van der Waals surface area contributed by atoms with E-state index in [1.165, 1.54) is 13.8 Å². The zero-order valence-corrected chi connectivity index (χ0v) is 11.6. The van der Waals surface area contributed by atoms with Gasteiger partial charge in [-0.15, -0.1) is 0 Å². The molecule has 3 nitrogen and oxygen atoms in total. The molecule has 7 heteroatoms. The molecule has 110 valence electrons. The standard InChI is InChI=1S/C13H13F3O3S/c1-12(2,17)7-8-6-9-10(13(14,15)16)4-3-5-11(9)20(8,18)19/h3-6,17H,7H2,1-2H3. The van der Waals surface area contributed by atoms with Crippen molar-refractivity contribution in [2.75, 3.05) is 0 Å². The third kappa shape index (κ3) is 2.60. The first-order chi connectivity index (χ1) is 8.93. The smallest absolute Gasteiger partial charge is 0.390 e. The molecule has 1 aromatic rings. The Kier molecular flexibility index (Phi) is 3.26. The van der Waals surface area contributed by atoms with Crippen molar-refractivity contribution < 1.29 is 26.7 Å². The summed E-state index contributed by atoms with van der Waals surface area (Å²) in [4.78, 5) is -0.553. The summed E-state index contributed by atoms with van der Waals surface area (Å²) in [5, 5.41) is 9.69. The van der Waals surface area contributed by atoms with Gasteiger partial charge in [0.1, 0.15) is 0 Å². The molecule has 1 aliphatic heterocycles. The molecule has 0 radical (unpaired) electrons. The number of rotatable bonds is 2. The molecule has 0 unspecified atom stereocenters. The Labute approximate surface area is 114 Å². The third-order valence-corrected chi connectivity index (χ3v) is 4.81. The lowest BCUT2D eigenvalue weighted by molar-refractivity contribution is -0.137. The van der Waals surface area contributed by atoms with Crippen LogP contribution in [-0.4, -0.2) is 19.1 Å². The Morgan fingerprint density at radius 1 is 1.20 bits per heavy atom. The van der Waals surface area contributed by atoms with E-state index in [0.717, 1.165) is 24.3 Å². The van der Waals surface area contributed by atoms with Crippen molar-refractivity contribution in [1.29, 1.82) is 0 Å². The maximum atomic E-state index is 12.9. The van der Waals surface area contributed by atoms with Gasteiger partial charge in [-0.05, 0) is 32.1 Å². The van der Waals surface area contributed by atoms with Crippen LogP contribution >= 0.6 is 0 Å². The van der Waals surface area contributed by atoms with Crippen molar-refractivity contribution in [2.45, 2.75) is 36.9 Å². The molecule has 1 heterocycles. The quantitative estimate of drug-likeness (QED) is 0.914. The number of fused-ring (bicyclic) bond motifs is 1. The normalized spacial score (nSPS) is 17.8. The molecule has 0 aromatic heterocycles. The average molecular weight is 306 g/mol. The summed E-state index contributed by atoms with van der Waals surface area (Å²) in [5.74, 6) is 0. The van der Waals surface area contributed by atoms with E-state index in [4.69, 9.17) is 0 Å². The Morgan fingerprint density at radius 2 is 1.80 bits per heavy atom. The number of benzene rings is 1. The van der Waals surface area contributed by atoms with Gasteiger partial charge < -0.3 is 5.11 Å². The van der Waals surface area contributed by atoms with E-state index < -0.39 is 27.2 Å². The van der Waals surface area contributed by atoms with Crippen LogP contribution in [0.3, 0.4) is 0 Å². The molecule has 0 saturated heterocycles. The van der Waals surface area contributed by atoms with Gasteiger partial charge in [0.2, 0.25) is 9.84 Å². The number of sulfone groups is 1. The van der Waals surface area contributed by atoms with Gasteiger partial charge in [-0.25, -0.2) is 8.42 Å². The minimum atomic E-state index is -4.62. The molecule has 0 fully saturated rings. The van der Waals surface area contributed by atoms with Crippen molar-refractivity contribution in [3.63, 3.8) is 0 Å². The number of aliphatic hydroxyl groups is 1. The zero-order valence-electron chi connectivity index (χ0n) is 10.8. The van der Waals surface area contributed by atoms with Gasteiger partial charge in [0.15, 0.2) is 0 Å². The Balaban J connectivity index is 2.63. The monoisotopic (exact) mass is 306 g/mol. The number of alkyl halides is 3. The molecule has 0 aliphatic carbocycles. The highest BCUT2D eigenvalue weighted by atomic mass is 32.2. The molecule has 20 heavy (non-hydrogen) atoms. The highest BCUT2D eigenvalue weighted by molar-refractivity contribution is 7.95. The summed E-state index contributed by atoms with van der Waals surface area (Å²) < 4.78 is 63.0. The summed E-state index contributed by atoms with van der Waals surface area (Å²) in [6, 6.07) is 3.06. The zero-order chi connectivity index (χ0) is 15.3. The summed E-state index contributed by atoms with van der Waals surface area (Å²) in [6.07, 6.45) is -3.85. The highest BCUT2D eigenvalue weighted by Gasteiger charge is 2.40. The molecular formula is C13H13F3O3S. The summed E-state index contributed by atoms with van der Waals surface area (Å²) in [5.41, 5.74) is -2.65. The average Bonchev–Trinajstić information content (AvgIpc) is 2.47. The first-order valence-electron chi connectivity index (χ1n) is 5.81. The van der Waals surface area contributed by atoms with Crippen LogP contribution in [0.25, 0.3) is 6.08 Å². The molecular weight excluding hydrogens is 293 g/mol. The van der Waals surface area contributed by atoms with Crippen molar-refractivity contribution in [3.8, 4) is 0 Å². The van der Waals surface area contributed by atoms with Crippen LogP contribution in [0.5, 0.6) is 0 Å². The van der Waals surface area contributed by atoms with E-state index in [0.29, 0.717) is 0 Å². The maximum absolute atomic E-state index is 12.9. The number of hydrogen-bond donors (Lipinski definition) is 1. The van der Waals surface area contributed by atoms with Crippen molar-refractivity contribution >= 4 is 15.9 Å². The minimum absolute atomic E-state index is 0.197. The van der Waals surface area contributed by atoms with Crippen LogP contribution in [0.2, 0.25) is 0 Å². The molecule has 1 aliphatic rings. The van der Waals surface area contributed by atoms with E-state index >= 15 is 0 Å². The van der Waals surface area contributed by atoms with Crippen molar-refractivity contribution in [3.05, 3.63) is 34.2 Å². The molecule has 0 saturated carbocycles. The van der Waals surface area contributed by atoms with Crippen molar-refractivity contribution in [2.24, 2.45) is 0 Å². The number of halogens is 3. The molecule has 0 spiro atoms. The van der Waals surface area contributed by atoms with Gasteiger partial charge in [-0.2, -0.15) is 13.2 Å². The van der Waals surface area contributed by atoms with Gasteiger partial charge in [-0.3, -0.25) is 0 Å². The Morgan fingerprint density at radius 3 is 2.30 bits per heavy atom. The molecule has 0 amide bonds. The lowest BCUT2D eigenvalue weighted by Gasteiger charge is -2.17. The van der Waals surface area contributed by atoms with Gasteiger partial charge in [0, 0.05) is 12.0 Å². The fourth-order valence-corrected chi connectivity index (χ4v) is 3.94. The van der Waals surface area contributed by atoms with Gasteiger partial charge in [0.25, 0.3) is 0 Å². The third-order valence-electron chi connectivity index (χ3n) is 2.92.